The van der Waals surface area contributed by atoms with E-state index in [0.29, 0.717) is 25.5 Å². The zero-order chi connectivity index (χ0) is 13.5. The number of ether oxygens (including phenoxy) is 1. The molecule has 1 heterocycles. The maximum absolute atomic E-state index is 12.2. The second kappa shape index (κ2) is 7.56. The van der Waals surface area contributed by atoms with Gasteiger partial charge in [-0.3, -0.25) is 4.79 Å². The highest BCUT2D eigenvalue weighted by Crippen LogP contribution is 2.16. The Morgan fingerprint density at radius 2 is 2.28 bits per heavy atom. The van der Waals surface area contributed by atoms with Crippen LogP contribution in [0, 0.1) is 0 Å². The lowest BCUT2D eigenvalue weighted by Crippen LogP contribution is -2.31. The van der Waals surface area contributed by atoms with Crippen LogP contribution in [0.3, 0.4) is 0 Å². The van der Waals surface area contributed by atoms with Gasteiger partial charge in [0.1, 0.15) is 5.69 Å². The first kappa shape index (κ1) is 15.2. The highest BCUT2D eigenvalue weighted by atomic mass is 79.9. The normalized spacial score (nSPS) is 10.7. The molecule has 0 spiro atoms. The van der Waals surface area contributed by atoms with Gasteiger partial charge in [-0.1, -0.05) is 0 Å². The van der Waals surface area contributed by atoms with Gasteiger partial charge in [-0.05, 0) is 28.9 Å². The molecule has 0 aliphatic heterocycles. The molecule has 1 aromatic heterocycles. The quantitative estimate of drug-likeness (QED) is 0.772. The minimum Gasteiger partial charge on any atom is -0.394 e. The van der Waals surface area contributed by atoms with Crippen LogP contribution in [0.2, 0.25) is 0 Å². The van der Waals surface area contributed by atoms with Gasteiger partial charge < -0.3 is 19.3 Å². The zero-order valence-corrected chi connectivity index (χ0v) is 12.3. The SMILES string of the molecule is CCn1cc(Br)cc1C(=O)N(C)CCOCCO. The summed E-state index contributed by atoms with van der Waals surface area (Å²) in [7, 11) is 1.74. The van der Waals surface area contributed by atoms with Gasteiger partial charge in [-0.25, -0.2) is 0 Å². The number of rotatable bonds is 7. The average Bonchev–Trinajstić information content (AvgIpc) is 2.74. The molecule has 0 saturated heterocycles. The number of nitrogens with zero attached hydrogens (tertiary/aromatic N) is 2. The Morgan fingerprint density at radius 3 is 2.89 bits per heavy atom. The van der Waals surface area contributed by atoms with Crippen molar-refractivity contribution in [1.29, 1.82) is 0 Å². The molecule has 0 unspecified atom stereocenters. The lowest BCUT2D eigenvalue weighted by molar-refractivity contribution is 0.0611. The van der Waals surface area contributed by atoms with E-state index in [4.69, 9.17) is 9.84 Å². The molecule has 0 aromatic carbocycles. The van der Waals surface area contributed by atoms with Gasteiger partial charge in [-0.15, -0.1) is 0 Å². The van der Waals surface area contributed by atoms with Crippen LogP contribution in [-0.4, -0.2) is 53.9 Å². The summed E-state index contributed by atoms with van der Waals surface area (Å²) in [5.41, 5.74) is 0.661. The lowest BCUT2D eigenvalue weighted by atomic mass is 10.3. The van der Waals surface area contributed by atoms with Crippen LogP contribution in [0.25, 0.3) is 0 Å². The Labute approximate surface area is 115 Å². The third-order valence-electron chi connectivity index (χ3n) is 2.58. The summed E-state index contributed by atoms with van der Waals surface area (Å²) >= 11 is 3.37. The Kier molecular flexibility index (Phi) is 6.38. The van der Waals surface area contributed by atoms with Crippen molar-refractivity contribution in [2.75, 3.05) is 33.4 Å². The second-order valence-electron chi connectivity index (χ2n) is 3.89. The standard InChI is InChI=1S/C12H19BrN2O3/c1-3-15-9-10(13)8-11(15)12(17)14(2)4-6-18-7-5-16/h8-9,16H,3-7H2,1-2H3. The van der Waals surface area contributed by atoms with E-state index in [1.807, 2.05) is 23.8 Å². The average molecular weight is 319 g/mol. The number of halogens is 1. The molecule has 102 valence electrons. The van der Waals surface area contributed by atoms with E-state index in [2.05, 4.69) is 15.9 Å². The van der Waals surface area contributed by atoms with Crippen molar-refractivity contribution in [2.45, 2.75) is 13.5 Å². The van der Waals surface area contributed by atoms with Gasteiger partial charge >= 0.3 is 0 Å². The van der Waals surface area contributed by atoms with E-state index in [1.54, 1.807) is 11.9 Å². The number of aliphatic hydroxyl groups is 1. The van der Waals surface area contributed by atoms with Crippen molar-refractivity contribution < 1.29 is 14.6 Å². The summed E-state index contributed by atoms with van der Waals surface area (Å²) in [6.07, 6.45) is 1.89. The molecule has 0 radical (unpaired) electrons. The van der Waals surface area contributed by atoms with Crippen LogP contribution in [0.15, 0.2) is 16.7 Å². The Hall–Kier alpha value is -0.850. The number of carbonyl (C=O) groups excluding carboxylic acids is 1. The fourth-order valence-electron chi connectivity index (χ4n) is 1.58. The number of aliphatic hydroxyl groups excluding tert-OH is 1. The van der Waals surface area contributed by atoms with Crippen LogP contribution in [0.4, 0.5) is 0 Å². The fraction of sp³-hybridized carbons (Fsp3) is 0.583. The molecule has 0 atom stereocenters. The van der Waals surface area contributed by atoms with E-state index >= 15 is 0 Å². The smallest absolute Gasteiger partial charge is 0.270 e. The zero-order valence-electron chi connectivity index (χ0n) is 10.7. The molecular formula is C12H19BrN2O3. The molecule has 5 nitrogen and oxygen atoms in total. The molecular weight excluding hydrogens is 300 g/mol. The summed E-state index contributed by atoms with van der Waals surface area (Å²) in [6, 6.07) is 1.82. The summed E-state index contributed by atoms with van der Waals surface area (Å²) in [4.78, 5) is 13.8. The first-order valence-electron chi connectivity index (χ1n) is 5.89. The van der Waals surface area contributed by atoms with E-state index < -0.39 is 0 Å². The van der Waals surface area contributed by atoms with Crippen LogP contribution in [0.1, 0.15) is 17.4 Å². The maximum Gasteiger partial charge on any atom is 0.270 e. The Morgan fingerprint density at radius 1 is 1.56 bits per heavy atom. The van der Waals surface area contributed by atoms with Crippen molar-refractivity contribution in [1.82, 2.24) is 9.47 Å². The van der Waals surface area contributed by atoms with E-state index in [9.17, 15) is 4.79 Å². The molecule has 18 heavy (non-hydrogen) atoms. The van der Waals surface area contributed by atoms with Gasteiger partial charge in [0, 0.05) is 30.8 Å². The number of aromatic nitrogens is 1. The molecule has 1 rings (SSSR count). The number of amides is 1. The molecule has 0 aliphatic rings. The molecule has 1 N–H and O–H groups in total. The molecule has 1 aromatic rings. The number of carbonyl (C=O) groups is 1. The third-order valence-corrected chi connectivity index (χ3v) is 3.01. The van der Waals surface area contributed by atoms with E-state index in [0.717, 1.165) is 11.0 Å². The minimum atomic E-state index is -0.0323. The van der Waals surface area contributed by atoms with E-state index in [1.165, 1.54) is 0 Å². The number of aryl methyl sites for hydroxylation is 1. The largest absolute Gasteiger partial charge is 0.394 e. The first-order valence-corrected chi connectivity index (χ1v) is 6.69. The number of likely N-dealkylation sites (N-methyl/N-ethyl adjacent to an activating group) is 1. The summed E-state index contributed by atoms with van der Waals surface area (Å²) in [6.45, 7) is 3.99. The number of hydrogen-bond acceptors (Lipinski definition) is 3. The van der Waals surface area contributed by atoms with Crippen molar-refractivity contribution in [3.63, 3.8) is 0 Å². The number of hydrogen-bond donors (Lipinski definition) is 1. The van der Waals surface area contributed by atoms with Gasteiger partial charge in [0.2, 0.25) is 0 Å². The summed E-state index contributed by atoms with van der Waals surface area (Å²) in [5, 5.41) is 8.58. The van der Waals surface area contributed by atoms with Crippen LogP contribution in [0.5, 0.6) is 0 Å². The topological polar surface area (TPSA) is 54.7 Å². The lowest BCUT2D eigenvalue weighted by Gasteiger charge is -2.17. The maximum atomic E-state index is 12.2. The summed E-state index contributed by atoms with van der Waals surface area (Å²) < 4.78 is 7.94. The van der Waals surface area contributed by atoms with Crippen LogP contribution in [-0.2, 0) is 11.3 Å². The Balaban J connectivity index is 2.57. The van der Waals surface area contributed by atoms with Crippen LogP contribution < -0.4 is 0 Å². The third kappa shape index (κ3) is 4.12. The van der Waals surface area contributed by atoms with Gasteiger partial charge in [0.25, 0.3) is 5.91 Å². The molecule has 0 bridgehead atoms. The predicted molar refractivity (Wildman–Crippen MR) is 72.7 cm³/mol. The monoisotopic (exact) mass is 318 g/mol. The van der Waals surface area contributed by atoms with Crippen molar-refractivity contribution in [2.24, 2.45) is 0 Å². The van der Waals surface area contributed by atoms with Crippen molar-refractivity contribution in [3.05, 3.63) is 22.4 Å². The summed E-state index contributed by atoms with van der Waals surface area (Å²) in [5.74, 6) is -0.0323. The van der Waals surface area contributed by atoms with E-state index in [-0.39, 0.29) is 12.5 Å². The predicted octanol–water partition coefficient (Wildman–Crippen LogP) is 1.35. The van der Waals surface area contributed by atoms with Crippen LogP contribution >= 0.6 is 15.9 Å². The first-order chi connectivity index (χ1) is 8.60. The highest BCUT2D eigenvalue weighted by Gasteiger charge is 2.16. The molecule has 0 aliphatic carbocycles. The fourth-order valence-corrected chi connectivity index (χ4v) is 2.04. The van der Waals surface area contributed by atoms with Gasteiger partial charge in [-0.2, -0.15) is 0 Å². The van der Waals surface area contributed by atoms with Crippen molar-refractivity contribution >= 4 is 21.8 Å². The molecule has 0 fully saturated rings. The van der Waals surface area contributed by atoms with Gasteiger partial charge in [0.05, 0.1) is 19.8 Å². The van der Waals surface area contributed by atoms with Gasteiger partial charge in [0.15, 0.2) is 0 Å². The Bertz CT molecular complexity index is 393. The molecule has 1 amide bonds. The highest BCUT2D eigenvalue weighted by molar-refractivity contribution is 9.10. The molecule has 0 saturated carbocycles. The van der Waals surface area contributed by atoms with Crippen molar-refractivity contribution in [3.8, 4) is 0 Å². The second-order valence-corrected chi connectivity index (χ2v) is 4.81. The minimum absolute atomic E-state index is 0.00327. The molecule has 6 heteroatoms.